The molecule has 0 unspecified atom stereocenters. The topological polar surface area (TPSA) is 117 Å². The summed E-state index contributed by atoms with van der Waals surface area (Å²) in [5.74, 6) is -4.42. The summed E-state index contributed by atoms with van der Waals surface area (Å²) in [5.41, 5.74) is -1.83. The molecule has 3 aromatic rings. The minimum absolute atomic E-state index is 0.0102. The van der Waals surface area contributed by atoms with E-state index in [1.165, 1.54) is 43.3 Å². The number of nitrogens with zero attached hydrogens (tertiary/aromatic N) is 1. The number of halogens is 3. The number of hydrogen-bond donors (Lipinski definition) is 1. The predicted octanol–water partition coefficient (Wildman–Crippen LogP) is 3.00. The maximum atomic E-state index is 14.4. The van der Waals surface area contributed by atoms with E-state index < -0.39 is 60.3 Å². The lowest BCUT2D eigenvalue weighted by Gasteiger charge is -2.26. The number of H-pyrrole nitrogens is 1. The summed E-state index contributed by atoms with van der Waals surface area (Å²) in [6.07, 6.45) is -9.68. The number of aryl methyl sites for hydroxylation is 1. The summed E-state index contributed by atoms with van der Waals surface area (Å²) in [5, 5.41) is 0. The third-order valence-corrected chi connectivity index (χ3v) is 5.78. The van der Waals surface area contributed by atoms with E-state index in [-0.39, 0.29) is 16.7 Å². The third-order valence-electron chi connectivity index (χ3n) is 5.78. The number of rotatable bonds is 6. The van der Waals surface area contributed by atoms with Crippen LogP contribution in [0.1, 0.15) is 32.5 Å². The molecule has 1 N–H and O–H groups in total. The van der Waals surface area contributed by atoms with Crippen LogP contribution in [0.15, 0.2) is 76.4 Å². The fraction of sp³-hybridized carbons (Fsp3) is 0.280. The Morgan fingerprint density at radius 3 is 2.11 bits per heavy atom. The molecular weight excluding hydrogens is 497 g/mol. The molecule has 0 amide bonds. The summed E-state index contributed by atoms with van der Waals surface area (Å²) in [6, 6.07) is 15.1. The first-order chi connectivity index (χ1) is 17.6. The van der Waals surface area contributed by atoms with Crippen molar-refractivity contribution in [3.05, 3.63) is 104 Å². The molecule has 0 radical (unpaired) electrons. The molecule has 194 valence electrons. The van der Waals surface area contributed by atoms with E-state index in [0.29, 0.717) is 4.57 Å². The van der Waals surface area contributed by atoms with Gasteiger partial charge in [-0.2, -0.15) is 13.2 Å². The van der Waals surface area contributed by atoms with Crippen molar-refractivity contribution < 1.29 is 37.0 Å². The molecule has 0 saturated carbocycles. The van der Waals surface area contributed by atoms with E-state index in [9.17, 15) is 32.3 Å². The molecule has 37 heavy (non-hydrogen) atoms. The van der Waals surface area contributed by atoms with Gasteiger partial charge in [-0.1, -0.05) is 36.4 Å². The Labute approximate surface area is 207 Å². The fourth-order valence-corrected chi connectivity index (χ4v) is 3.96. The lowest BCUT2D eigenvalue weighted by Crippen LogP contribution is -2.44. The maximum Gasteiger partial charge on any atom is 0.399 e. The van der Waals surface area contributed by atoms with Crippen molar-refractivity contribution in [2.24, 2.45) is 5.92 Å². The molecule has 1 aliphatic rings. The first kappa shape index (κ1) is 25.9. The zero-order chi connectivity index (χ0) is 26.7. The Morgan fingerprint density at radius 1 is 0.973 bits per heavy atom. The van der Waals surface area contributed by atoms with Crippen LogP contribution in [0.2, 0.25) is 0 Å². The Bertz CT molecular complexity index is 1390. The zero-order valence-corrected chi connectivity index (χ0v) is 19.3. The van der Waals surface area contributed by atoms with Crippen molar-refractivity contribution >= 4 is 11.9 Å². The van der Waals surface area contributed by atoms with Gasteiger partial charge in [-0.05, 0) is 31.2 Å². The lowest BCUT2D eigenvalue weighted by atomic mass is 9.98. The van der Waals surface area contributed by atoms with Crippen LogP contribution in [0.25, 0.3) is 0 Å². The van der Waals surface area contributed by atoms with Crippen LogP contribution in [0.4, 0.5) is 13.2 Å². The van der Waals surface area contributed by atoms with Crippen LogP contribution >= 0.6 is 0 Å². The molecule has 12 heteroatoms. The highest BCUT2D eigenvalue weighted by atomic mass is 19.4. The predicted molar refractivity (Wildman–Crippen MR) is 122 cm³/mol. The van der Waals surface area contributed by atoms with Crippen molar-refractivity contribution in [2.75, 3.05) is 6.61 Å². The number of benzene rings is 2. The molecule has 0 spiro atoms. The van der Waals surface area contributed by atoms with E-state index in [0.717, 1.165) is 6.20 Å². The second-order valence-corrected chi connectivity index (χ2v) is 8.31. The number of aromatic amines is 1. The van der Waals surface area contributed by atoms with Gasteiger partial charge in [-0.3, -0.25) is 14.3 Å². The van der Waals surface area contributed by atoms with E-state index in [1.54, 1.807) is 24.3 Å². The second kappa shape index (κ2) is 10.4. The van der Waals surface area contributed by atoms with Gasteiger partial charge in [0.15, 0.2) is 6.23 Å². The number of esters is 2. The van der Waals surface area contributed by atoms with E-state index in [1.807, 2.05) is 4.98 Å². The SMILES string of the molecule is Cc1cn([C@@H]2O[C@H](COC(=O)c3ccccc3)[C@@H](OC(=O)c3ccccc3)[C@H]2C(F)(F)F)c(=O)[nH]c1=O. The number of alkyl halides is 3. The van der Waals surface area contributed by atoms with Gasteiger partial charge >= 0.3 is 23.8 Å². The Balaban J connectivity index is 1.70. The highest BCUT2D eigenvalue weighted by Gasteiger charge is 2.61. The zero-order valence-electron chi connectivity index (χ0n) is 19.3. The molecule has 4 atom stereocenters. The first-order valence-electron chi connectivity index (χ1n) is 11.1. The van der Waals surface area contributed by atoms with Crippen LogP contribution in [-0.2, 0) is 14.2 Å². The Kier molecular flexibility index (Phi) is 7.30. The molecule has 2 aromatic carbocycles. The highest BCUT2D eigenvalue weighted by molar-refractivity contribution is 5.90. The standard InChI is InChI=1S/C25H21F3N2O7/c1-14-12-30(24(34)29-20(14)31)21-18(25(26,27)28)19(37-23(33)16-10-6-3-7-11-16)17(36-21)13-35-22(32)15-8-4-2-5-9-15/h2-12,17-19,21H,13H2,1H3,(H,29,31,34)/t17-,18-,19-,21-/m1/s1. The molecule has 1 saturated heterocycles. The molecule has 1 fully saturated rings. The van der Waals surface area contributed by atoms with Crippen LogP contribution in [-0.4, -0.2) is 46.5 Å². The molecule has 1 aromatic heterocycles. The average Bonchev–Trinajstić information content (AvgIpc) is 3.24. The van der Waals surface area contributed by atoms with Gasteiger partial charge in [0.2, 0.25) is 0 Å². The van der Waals surface area contributed by atoms with Gasteiger partial charge in [0.05, 0.1) is 11.1 Å². The number of hydrogen-bond acceptors (Lipinski definition) is 7. The summed E-state index contributed by atoms with van der Waals surface area (Å²) < 4.78 is 59.7. The van der Waals surface area contributed by atoms with Gasteiger partial charge in [-0.25, -0.2) is 14.4 Å². The van der Waals surface area contributed by atoms with Crippen LogP contribution in [0.3, 0.4) is 0 Å². The third kappa shape index (κ3) is 5.64. The molecule has 1 aliphatic heterocycles. The summed E-state index contributed by atoms with van der Waals surface area (Å²) in [7, 11) is 0. The van der Waals surface area contributed by atoms with Crippen LogP contribution in [0, 0.1) is 12.8 Å². The summed E-state index contributed by atoms with van der Waals surface area (Å²) in [4.78, 5) is 51.3. The Hall–Kier alpha value is -4.19. The summed E-state index contributed by atoms with van der Waals surface area (Å²) >= 11 is 0. The Morgan fingerprint density at radius 2 is 1.54 bits per heavy atom. The number of ether oxygens (including phenoxy) is 3. The highest BCUT2D eigenvalue weighted by Crippen LogP contribution is 2.46. The van der Waals surface area contributed by atoms with Gasteiger partial charge in [0.1, 0.15) is 24.7 Å². The van der Waals surface area contributed by atoms with Crippen LogP contribution < -0.4 is 11.2 Å². The van der Waals surface area contributed by atoms with Crippen molar-refractivity contribution in [3.8, 4) is 0 Å². The quantitative estimate of drug-likeness (QED) is 0.499. The van der Waals surface area contributed by atoms with Crippen molar-refractivity contribution in [2.45, 2.75) is 31.5 Å². The molecule has 4 rings (SSSR count). The average molecular weight is 518 g/mol. The normalized spacial score (nSPS) is 21.4. The fourth-order valence-electron chi connectivity index (χ4n) is 3.96. The van der Waals surface area contributed by atoms with E-state index in [2.05, 4.69) is 0 Å². The van der Waals surface area contributed by atoms with Gasteiger partial charge in [0.25, 0.3) is 5.56 Å². The molecule has 9 nitrogen and oxygen atoms in total. The molecular formula is C25H21F3N2O7. The summed E-state index contributed by atoms with van der Waals surface area (Å²) in [6.45, 7) is 0.596. The van der Waals surface area contributed by atoms with Gasteiger partial charge < -0.3 is 14.2 Å². The van der Waals surface area contributed by atoms with Crippen LogP contribution in [0.5, 0.6) is 0 Å². The largest absolute Gasteiger partial charge is 0.459 e. The van der Waals surface area contributed by atoms with E-state index in [4.69, 9.17) is 14.2 Å². The lowest BCUT2D eigenvalue weighted by molar-refractivity contribution is -0.211. The molecule has 0 aliphatic carbocycles. The number of nitrogens with one attached hydrogen (secondary N) is 1. The smallest absolute Gasteiger partial charge is 0.399 e. The number of carbonyl (C=O) groups excluding carboxylic acids is 2. The minimum Gasteiger partial charge on any atom is -0.459 e. The monoisotopic (exact) mass is 518 g/mol. The molecule has 2 heterocycles. The van der Waals surface area contributed by atoms with Crippen molar-refractivity contribution in [3.63, 3.8) is 0 Å². The van der Waals surface area contributed by atoms with Gasteiger partial charge in [0, 0.05) is 11.8 Å². The maximum absolute atomic E-state index is 14.4. The molecule has 0 bridgehead atoms. The second-order valence-electron chi connectivity index (χ2n) is 8.31. The van der Waals surface area contributed by atoms with Gasteiger partial charge in [-0.15, -0.1) is 0 Å². The first-order valence-corrected chi connectivity index (χ1v) is 11.1. The van der Waals surface area contributed by atoms with E-state index >= 15 is 0 Å². The van der Waals surface area contributed by atoms with Crippen molar-refractivity contribution in [1.29, 1.82) is 0 Å². The number of aromatic nitrogens is 2. The minimum atomic E-state index is -5.02. The van der Waals surface area contributed by atoms with Crippen molar-refractivity contribution in [1.82, 2.24) is 9.55 Å². The number of carbonyl (C=O) groups is 2.